The molecule has 0 aromatic rings. The van der Waals surface area contributed by atoms with Crippen LogP contribution in [-0.4, -0.2) is 47.3 Å². The van der Waals surface area contributed by atoms with E-state index in [1.165, 1.54) is 6.42 Å². The summed E-state index contributed by atoms with van der Waals surface area (Å²) in [6.07, 6.45) is 5.30. The van der Waals surface area contributed by atoms with Gasteiger partial charge < -0.3 is 9.80 Å². The third kappa shape index (κ3) is 2.20. The minimum Gasteiger partial charge on any atom is -0.334 e. The van der Waals surface area contributed by atoms with Crippen LogP contribution in [0.4, 0.5) is 0 Å². The SMILES string of the molecule is CC1CCCCN1C(=O)C(=O)N1CCCC1. The molecule has 0 N–H and O–H groups in total. The van der Waals surface area contributed by atoms with Crippen LogP contribution in [0.25, 0.3) is 0 Å². The summed E-state index contributed by atoms with van der Waals surface area (Å²) in [4.78, 5) is 27.4. The van der Waals surface area contributed by atoms with Gasteiger partial charge in [-0.15, -0.1) is 0 Å². The second-order valence-electron chi connectivity index (χ2n) is 4.84. The molecule has 2 fully saturated rings. The van der Waals surface area contributed by atoms with Crippen molar-refractivity contribution in [3.8, 4) is 0 Å². The molecular weight excluding hydrogens is 204 g/mol. The Morgan fingerprint density at radius 1 is 0.938 bits per heavy atom. The van der Waals surface area contributed by atoms with E-state index in [4.69, 9.17) is 0 Å². The quantitative estimate of drug-likeness (QED) is 0.576. The predicted octanol–water partition coefficient (Wildman–Crippen LogP) is 1.01. The van der Waals surface area contributed by atoms with Crippen molar-refractivity contribution in [1.29, 1.82) is 0 Å². The van der Waals surface area contributed by atoms with E-state index < -0.39 is 0 Å². The zero-order valence-electron chi connectivity index (χ0n) is 9.95. The van der Waals surface area contributed by atoms with Gasteiger partial charge in [0.2, 0.25) is 0 Å². The lowest BCUT2D eigenvalue weighted by atomic mass is 10.0. The molecule has 4 heteroatoms. The number of hydrogen-bond donors (Lipinski definition) is 0. The molecule has 2 aliphatic rings. The zero-order valence-corrected chi connectivity index (χ0v) is 9.95. The molecule has 0 aliphatic carbocycles. The minimum atomic E-state index is -0.286. The number of carbonyl (C=O) groups excluding carboxylic acids is 2. The highest BCUT2D eigenvalue weighted by molar-refractivity contribution is 6.35. The molecule has 2 amide bonds. The largest absolute Gasteiger partial charge is 0.334 e. The molecule has 0 aromatic carbocycles. The van der Waals surface area contributed by atoms with Crippen molar-refractivity contribution >= 4 is 11.8 Å². The third-order valence-electron chi connectivity index (χ3n) is 3.64. The standard InChI is InChI=1S/C12H20N2O2/c1-10-6-2-3-9-14(10)12(16)11(15)13-7-4-5-8-13/h10H,2-9H2,1H3. The average Bonchev–Trinajstić information content (AvgIpc) is 2.81. The fraction of sp³-hybridized carbons (Fsp3) is 0.833. The Labute approximate surface area is 96.6 Å². The van der Waals surface area contributed by atoms with Crippen molar-refractivity contribution in [2.24, 2.45) is 0 Å². The first-order chi connectivity index (χ1) is 7.70. The monoisotopic (exact) mass is 224 g/mol. The van der Waals surface area contributed by atoms with Crippen molar-refractivity contribution in [2.75, 3.05) is 19.6 Å². The molecule has 16 heavy (non-hydrogen) atoms. The van der Waals surface area contributed by atoms with Gasteiger partial charge in [0, 0.05) is 25.7 Å². The van der Waals surface area contributed by atoms with Gasteiger partial charge in [-0.05, 0) is 39.0 Å². The van der Waals surface area contributed by atoms with Gasteiger partial charge in [-0.2, -0.15) is 0 Å². The smallest absolute Gasteiger partial charge is 0.312 e. The third-order valence-corrected chi connectivity index (χ3v) is 3.64. The first-order valence-electron chi connectivity index (χ1n) is 6.30. The molecule has 90 valence electrons. The molecule has 0 radical (unpaired) electrons. The number of piperidine rings is 1. The molecule has 0 saturated carbocycles. The van der Waals surface area contributed by atoms with Crippen LogP contribution >= 0.6 is 0 Å². The molecular formula is C12H20N2O2. The van der Waals surface area contributed by atoms with Crippen LogP contribution < -0.4 is 0 Å². The number of rotatable bonds is 0. The van der Waals surface area contributed by atoms with E-state index in [-0.39, 0.29) is 17.9 Å². The fourth-order valence-electron chi connectivity index (χ4n) is 2.58. The Morgan fingerprint density at radius 2 is 1.56 bits per heavy atom. The zero-order chi connectivity index (χ0) is 11.5. The topological polar surface area (TPSA) is 40.6 Å². The van der Waals surface area contributed by atoms with Crippen LogP contribution in [0.15, 0.2) is 0 Å². The Kier molecular flexibility index (Phi) is 3.46. The Morgan fingerprint density at radius 3 is 2.19 bits per heavy atom. The van der Waals surface area contributed by atoms with E-state index in [2.05, 4.69) is 0 Å². The number of nitrogens with zero attached hydrogens (tertiary/aromatic N) is 2. The summed E-state index contributed by atoms with van der Waals surface area (Å²) < 4.78 is 0. The summed E-state index contributed by atoms with van der Waals surface area (Å²) in [5.74, 6) is -0.569. The summed E-state index contributed by atoms with van der Waals surface area (Å²) >= 11 is 0. The van der Waals surface area contributed by atoms with Crippen LogP contribution in [0, 0.1) is 0 Å². The van der Waals surface area contributed by atoms with Gasteiger partial charge in [0.25, 0.3) is 0 Å². The van der Waals surface area contributed by atoms with Crippen LogP contribution in [-0.2, 0) is 9.59 Å². The maximum Gasteiger partial charge on any atom is 0.312 e. The van der Waals surface area contributed by atoms with Crippen LogP contribution in [0.3, 0.4) is 0 Å². The van der Waals surface area contributed by atoms with E-state index in [0.717, 1.165) is 45.3 Å². The number of carbonyl (C=O) groups is 2. The average molecular weight is 224 g/mol. The summed E-state index contributed by atoms with van der Waals surface area (Å²) in [5.41, 5.74) is 0. The highest BCUT2D eigenvalue weighted by Crippen LogP contribution is 2.18. The van der Waals surface area contributed by atoms with Gasteiger partial charge in [0.05, 0.1) is 0 Å². The maximum atomic E-state index is 12.0. The first-order valence-corrected chi connectivity index (χ1v) is 6.30. The number of hydrogen-bond acceptors (Lipinski definition) is 2. The minimum absolute atomic E-state index is 0.229. The van der Waals surface area contributed by atoms with E-state index in [0.29, 0.717) is 0 Å². The molecule has 2 rings (SSSR count). The summed E-state index contributed by atoms with van der Waals surface area (Å²) in [6, 6.07) is 0.229. The lowest BCUT2D eigenvalue weighted by Gasteiger charge is -2.33. The molecule has 1 atom stereocenters. The Balaban J connectivity index is 1.97. The second kappa shape index (κ2) is 4.85. The van der Waals surface area contributed by atoms with Crippen LogP contribution in [0.1, 0.15) is 39.0 Å². The first kappa shape index (κ1) is 11.4. The van der Waals surface area contributed by atoms with Gasteiger partial charge in [0.1, 0.15) is 0 Å². The van der Waals surface area contributed by atoms with Crippen molar-refractivity contribution < 1.29 is 9.59 Å². The molecule has 2 heterocycles. The maximum absolute atomic E-state index is 12.0. The summed E-state index contributed by atoms with van der Waals surface area (Å²) in [5, 5.41) is 0. The van der Waals surface area contributed by atoms with Gasteiger partial charge in [0.15, 0.2) is 0 Å². The van der Waals surface area contributed by atoms with Crippen molar-refractivity contribution in [3.63, 3.8) is 0 Å². The molecule has 1 unspecified atom stereocenters. The van der Waals surface area contributed by atoms with Crippen molar-refractivity contribution in [3.05, 3.63) is 0 Å². The van der Waals surface area contributed by atoms with Gasteiger partial charge in [-0.3, -0.25) is 9.59 Å². The number of likely N-dealkylation sites (tertiary alicyclic amines) is 2. The number of amides is 2. The molecule has 2 aliphatic heterocycles. The van der Waals surface area contributed by atoms with E-state index in [9.17, 15) is 9.59 Å². The highest BCUT2D eigenvalue weighted by Gasteiger charge is 2.32. The van der Waals surface area contributed by atoms with Crippen molar-refractivity contribution in [1.82, 2.24) is 9.80 Å². The Hall–Kier alpha value is -1.06. The molecule has 2 saturated heterocycles. The Bertz CT molecular complexity index is 285. The summed E-state index contributed by atoms with van der Waals surface area (Å²) in [6.45, 7) is 4.30. The van der Waals surface area contributed by atoms with E-state index in [1.54, 1.807) is 9.80 Å². The van der Waals surface area contributed by atoms with Crippen LogP contribution in [0.2, 0.25) is 0 Å². The lowest BCUT2D eigenvalue weighted by molar-refractivity contribution is -0.153. The highest BCUT2D eigenvalue weighted by atomic mass is 16.2. The van der Waals surface area contributed by atoms with Gasteiger partial charge >= 0.3 is 11.8 Å². The fourth-order valence-corrected chi connectivity index (χ4v) is 2.58. The van der Waals surface area contributed by atoms with Crippen LogP contribution in [0.5, 0.6) is 0 Å². The van der Waals surface area contributed by atoms with Crippen molar-refractivity contribution in [2.45, 2.75) is 45.1 Å². The summed E-state index contributed by atoms with van der Waals surface area (Å²) in [7, 11) is 0. The molecule has 4 nitrogen and oxygen atoms in total. The molecule has 0 aromatic heterocycles. The predicted molar refractivity (Wildman–Crippen MR) is 60.8 cm³/mol. The van der Waals surface area contributed by atoms with Gasteiger partial charge in [-0.1, -0.05) is 0 Å². The molecule has 0 spiro atoms. The van der Waals surface area contributed by atoms with E-state index >= 15 is 0 Å². The lowest BCUT2D eigenvalue weighted by Crippen LogP contribution is -2.49. The molecule has 0 bridgehead atoms. The normalized spacial score (nSPS) is 25.9. The van der Waals surface area contributed by atoms with E-state index in [1.807, 2.05) is 6.92 Å². The second-order valence-corrected chi connectivity index (χ2v) is 4.84. The van der Waals surface area contributed by atoms with Gasteiger partial charge in [-0.25, -0.2) is 0 Å².